The summed E-state index contributed by atoms with van der Waals surface area (Å²) in [6, 6.07) is 8.29. The van der Waals surface area contributed by atoms with Crippen molar-refractivity contribution in [2.75, 3.05) is 41.8 Å². The molecule has 1 aromatic carbocycles. The van der Waals surface area contributed by atoms with Gasteiger partial charge in [0.15, 0.2) is 0 Å². The lowest BCUT2D eigenvalue weighted by molar-refractivity contribution is 0.102. The SMILES string of the molecule is O=C(Nc1ccc(Cl)cn1)c1cc(F)ccc1NCC1CCN(C2CCSCC2)CC1. The van der Waals surface area contributed by atoms with Gasteiger partial charge in [0.2, 0.25) is 0 Å². The van der Waals surface area contributed by atoms with Gasteiger partial charge < -0.3 is 15.5 Å². The van der Waals surface area contributed by atoms with Gasteiger partial charge in [-0.3, -0.25) is 4.79 Å². The van der Waals surface area contributed by atoms with Crippen molar-refractivity contribution >= 4 is 40.8 Å². The Labute approximate surface area is 192 Å². The number of pyridine rings is 1. The fourth-order valence-corrected chi connectivity index (χ4v) is 5.51. The molecular formula is C23H28ClFN4OS. The summed E-state index contributed by atoms with van der Waals surface area (Å²) in [7, 11) is 0. The van der Waals surface area contributed by atoms with Crippen LogP contribution in [0, 0.1) is 11.7 Å². The van der Waals surface area contributed by atoms with Gasteiger partial charge in [0.1, 0.15) is 11.6 Å². The van der Waals surface area contributed by atoms with Crippen LogP contribution in [0.5, 0.6) is 0 Å². The summed E-state index contributed by atoms with van der Waals surface area (Å²) >= 11 is 7.91. The Morgan fingerprint density at radius 3 is 2.65 bits per heavy atom. The van der Waals surface area contributed by atoms with Crippen LogP contribution in [0.1, 0.15) is 36.0 Å². The molecular weight excluding hydrogens is 435 g/mol. The van der Waals surface area contributed by atoms with Crippen LogP contribution in [0.3, 0.4) is 0 Å². The molecule has 8 heteroatoms. The summed E-state index contributed by atoms with van der Waals surface area (Å²) < 4.78 is 13.9. The van der Waals surface area contributed by atoms with E-state index in [2.05, 4.69) is 32.3 Å². The van der Waals surface area contributed by atoms with Crippen molar-refractivity contribution in [2.24, 2.45) is 5.92 Å². The van der Waals surface area contributed by atoms with E-state index in [-0.39, 0.29) is 5.56 Å². The van der Waals surface area contributed by atoms with Crippen LogP contribution in [0.15, 0.2) is 36.5 Å². The summed E-state index contributed by atoms with van der Waals surface area (Å²) in [5.74, 6) is 2.65. The van der Waals surface area contributed by atoms with Crippen LogP contribution in [-0.4, -0.2) is 53.0 Å². The van der Waals surface area contributed by atoms with E-state index in [4.69, 9.17) is 11.6 Å². The summed E-state index contributed by atoms with van der Waals surface area (Å²) in [4.78, 5) is 19.5. The van der Waals surface area contributed by atoms with Crippen LogP contribution in [0.2, 0.25) is 5.02 Å². The average Bonchev–Trinajstić information content (AvgIpc) is 2.80. The number of hydrogen-bond acceptors (Lipinski definition) is 5. The Hall–Kier alpha value is -1.83. The molecule has 0 unspecified atom stereocenters. The maximum atomic E-state index is 13.9. The number of halogens is 2. The number of rotatable bonds is 6. The molecule has 0 bridgehead atoms. The smallest absolute Gasteiger partial charge is 0.259 e. The maximum absolute atomic E-state index is 13.9. The highest BCUT2D eigenvalue weighted by molar-refractivity contribution is 7.99. The quantitative estimate of drug-likeness (QED) is 0.622. The number of piperidine rings is 1. The van der Waals surface area contributed by atoms with Crippen LogP contribution < -0.4 is 10.6 Å². The lowest BCUT2D eigenvalue weighted by atomic mass is 9.94. The molecule has 0 aliphatic carbocycles. The second-order valence-corrected chi connectivity index (χ2v) is 9.87. The van der Waals surface area contributed by atoms with E-state index in [1.54, 1.807) is 18.2 Å². The van der Waals surface area contributed by atoms with Gasteiger partial charge >= 0.3 is 0 Å². The van der Waals surface area contributed by atoms with Crippen molar-refractivity contribution in [1.82, 2.24) is 9.88 Å². The van der Waals surface area contributed by atoms with Crippen molar-refractivity contribution in [1.29, 1.82) is 0 Å². The molecule has 3 heterocycles. The number of benzene rings is 1. The zero-order chi connectivity index (χ0) is 21.6. The number of nitrogens with zero attached hydrogens (tertiary/aromatic N) is 2. The fraction of sp³-hybridized carbons (Fsp3) is 0.478. The highest BCUT2D eigenvalue weighted by Gasteiger charge is 2.26. The van der Waals surface area contributed by atoms with E-state index in [0.717, 1.165) is 38.5 Å². The number of carbonyl (C=O) groups excluding carboxylic acids is 1. The van der Waals surface area contributed by atoms with Crippen LogP contribution >= 0.6 is 23.4 Å². The van der Waals surface area contributed by atoms with Crippen LogP contribution in [0.25, 0.3) is 0 Å². The van der Waals surface area contributed by atoms with E-state index >= 15 is 0 Å². The molecule has 0 atom stereocenters. The first kappa shape index (κ1) is 22.4. The van der Waals surface area contributed by atoms with Gasteiger partial charge in [-0.05, 0) is 86.5 Å². The largest absolute Gasteiger partial charge is 0.384 e. The van der Waals surface area contributed by atoms with Crippen molar-refractivity contribution in [2.45, 2.75) is 31.7 Å². The predicted octanol–water partition coefficient (Wildman–Crippen LogP) is 5.15. The molecule has 1 aromatic heterocycles. The summed E-state index contributed by atoms with van der Waals surface area (Å²) in [6.07, 6.45) is 6.37. The Bertz CT molecular complexity index is 884. The zero-order valence-electron chi connectivity index (χ0n) is 17.4. The number of anilines is 2. The molecule has 0 saturated carbocycles. The van der Waals surface area contributed by atoms with Gasteiger partial charge in [0.05, 0.1) is 10.6 Å². The topological polar surface area (TPSA) is 57.3 Å². The van der Waals surface area contributed by atoms with E-state index in [0.29, 0.717) is 22.4 Å². The summed E-state index contributed by atoms with van der Waals surface area (Å²) in [5, 5.41) is 6.58. The molecule has 2 aliphatic heterocycles. The highest BCUT2D eigenvalue weighted by Crippen LogP contribution is 2.27. The van der Waals surface area contributed by atoms with Crippen molar-refractivity contribution in [3.8, 4) is 0 Å². The van der Waals surface area contributed by atoms with Crippen LogP contribution in [-0.2, 0) is 0 Å². The number of likely N-dealkylation sites (tertiary alicyclic amines) is 1. The Morgan fingerprint density at radius 2 is 1.94 bits per heavy atom. The number of hydrogen-bond donors (Lipinski definition) is 2. The molecule has 166 valence electrons. The first-order valence-corrected chi connectivity index (χ1v) is 12.4. The van der Waals surface area contributed by atoms with Gasteiger partial charge in [0.25, 0.3) is 5.91 Å². The molecule has 0 spiro atoms. The Morgan fingerprint density at radius 1 is 1.16 bits per heavy atom. The van der Waals surface area contributed by atoms with E-state index in [1.165, 1.54) is 42.7 Å². The number of amides is 1. The van der Waals surface area contributed by atoms with Gasteiger partial charge in [-0.2, -0.15) is 11.8 Å². The number of aromatic nitrogens is 1. The fourth-order valence-electron chi connectivity index (χ4n) is 4.32. The van der Waals surface area contributed by atoms with Gasteiger partial charge in [-0.1, -0.05) is 11.6 Å². The molecule has 0 radical (unpaired) electrons. The average molecular weight is 463 g/mol. The molecule has 1 amide bonds. The molecule has 2 saturated heterocycles. The van der Waals surface area contributed by atoms with Crippen molar-refractivity contribution in [3.63, 3.8) is 0 Å². The summed E-state index contributed by atoms with van der Waals surface area (Å²) in [5.41, 5.74) is 0.911. The third-order valence-corrected chi connectivity index (χ3v) is 7.41. The monoisotopic (exact) mass is 462 g/mol. The first-order valence-electron chi connectivity index (χ1n) is 10.9. The molecule has 2 aliphatic rings. The van der Waals surface area contributed by atoms with E-state index < -0.39 is 11.7 Å². The number of carbonyl (C=O) groups is 1. The van der Waals surface area contributed by atoms with Crippen LogP contribution in [0.4, 0.5) is 15.9 Å². The normalized spacial score (nSPS) is 18.6. The number of nitrogens with one attached hydrogen (secondary N) is 2. The molecule has 2 aromatic rings. The van der Waals surface area contributed by atoms with Gasteiger partial charge in [-0.25, -0.2) is 9.37 Å². The lowest BCUT2D eigenvalue weighted by Crippen LogP contribution is -2.44. The Balaban J connectivity index is 1.33. The molecule has 5 nitrogen and oxygen atoms in total. The minimum atomic E-state index is -0.446. The highest BCUT2D eigenvalue weighted by atomic mass is 35.5. The third kappa shape index (κ3) is 6.11. The molecule has 2 fully saturated rings. The van der Waals surface area contributed by atoms with E-state index in [9.17, 15) is 9.18 Å². The molecule has 2 N–H and O–H groups in total. The Kier molecular flexibility index (Phi) is 7.69. The molecule has 4 rings (SSSR count). The second-order valence-electron chi connectivity index (χ2n) is 8.21. The first-order chi connectivity index (χ1) is 15.1. The van der Waals surface area contributed by atoms with E-state index in [1.807, 2.05) is 0 Å². The third-order valence-electron chi connectivity index (χ3n) is 6.13. The van der Waals surface area contributed by atoms with Gasteiger partial charge in [-0.15, -0.1) is 0 Å². The zero-order valence-corrected chi connectivity index (χ0v) is 19.0. The minimum Gasteiger partial charge on any atom is -0.384 e. The summed E-state index contributed by atoms with van der Waals surface area (Å²) in [6.45, 7) is 3.06. The van der Waals surface area contributed by atoms with Gasteiger partial charge in [0, 0.05) is 24.5 Å². The molecule has 31 heavy (non-hydrogen) atoms. The second kappa shape index (κ2) is 10.7. The number of thioether (sulfide) groups is 1. The van der Waals surface area contributed by atoms with Crippen molar-refractivity contribution < 1.29 is 9.18 Å². The standard InChI is InChI=1S/C23H28ClFN4OS/c24-17-1-4-22(27-15-17)28-23(30)20-13-18(25)2-3-21(20)26-14-16-5-9-29(10-6-16)19-7-11-31-12-8-19/h1-4,13,15-16,19,26H,5-12,14H2,(H,27,28,30). The lowest BCUT2D eigenvalue weighted by Gasteiger charge is -2.39. The van der Waals surface area contributed by atoms with Crippen molar-refractivity contribution in [3.05, 3.63) is 52.9 Å². The predicted molar refractivity (Wildman–Crippen MR) is 127 cm³/mol. The maximum Gasteiger partial charge on any atom is 0.259 e. The minimum absolute atomic E-state index is 0.272.